The second kappa shape index (κ2) is 7.89. The molecule has 0 fully saturated rings. The molecule has 0 bridgehead atoms. The van der Waals surface area contributed by atoms with Crippen LogP contribution in [0.3, 0.4) is 0 Å². The number of ether oxygens (including phenoxy) is 1. The summed E-state index contributed by atoms with van der Waals surface area (Å²) in [5.74, 6) is -1.53. The zero-order chi connectivity index (χ0) is 15.1. The van der Waals surface area contributed by atoms with Crippen LogP contribution in [0, 0.1) is 0 Å². The van der Waals surface area contributed by atoms with Gasteiger partial charge in [0.15, 0.2) is 11.9 Å². The van der Waals surface area contributed by atoms with Crippen LogP contribution in [-0.2, 0) is 9.53 Å². The number of halogens is 4. The van der Waals surface area contributed by atoms with E-state index in [1.165, 1.54) is 19.1 Å². The normalized spacial score (nSPS) is 15.3. The first kappa shape index (κ1) is 17.6. The van der Waals surface area contributed by atoms with E-state index in [1.54, 1.807) is 6.92 Å². The van der Waals surface area contributed by atoms with E-state index in [-0.39, 0.29) is 12.0 Å². The van der Waals surface area contributed by atoms with Gasteiger partial charge >= 0.3 is 6.18 Å². The second-order valence-corrected chi connectivity index (χ2v) is 3.60. The van der Waals surface area contributed by atoms with Crippen molar-refractivity contribution in [3.63, 3.8) is 0 Å². The summed E-state index contributed by atoms with van der Waals surface area (Å²) in [6.45, 7) is 5.19. The molecule has 1 atom stereocenters. The van der Waals surface area contributed by atoms with Gasteiger partial charge < -0.3 is 4.74 Å². The lowest BCUT2D eigenvalue weighted by molar-refractivity contribution is -0.203. The predicted molar refractivity (Wildman–Crippen MR) is 64.2 cm³/mol. The van der Waals surface area contributed by atoms with E-state index in [9.17, 15) is 22.4 Å². The van der Waals surface area contributed by atoms with E-state index in [1.807, 2.05) is 0 Å². The summed E-state index contributed by atoms with van der Waals surface area (Å²) in [5, 5.41) is 0. The van der Waals surface area contributed by atoms with Gasteiger partial charge in [-0.3, -0.25) is 4.79 Å². The maximum atomic E-state index is 13.4. The highest BCUT2D eigenvalue weighted by molar-refractivity contribution is 5.99. The lowest BCUT2D eigenvalue weighted by Crippen LogP contribution is -2.31. The first-order chi connectivity index (χ1) is 8.77. The summed E-state index contributed by atoms with van der Waals surface area (Å²) in [5.41, 5.74) is -0.269. The highest BCUT2D eigenvalue weighted by Crippen LogP contribution is 2.24. The fraction of sp³-hybridized carbons (Fsp3) is 0.462. The van der Waals surface area contributed by atoms with Crippen LogP contribution in [0.15, 0.2) is 36.2 Å². The van der Waals surface area contributed by atoms with Crippen molar-refractivity contribution in [2.24, 2.45) is 0 Å². The number of allylic oxidation sites excluding steroid dienone is 3. The van der Waals surface area contributed by atoms with E-state index in [0.717, 1.165) is 0 Å². The predicted octanol–water partition coefficient (Wildman–Crippen LogP) is 3.90. The number of hydrogen-bond acceptors (Lipinski definition) is 2. The van der Waals surface area contributed by atoms with Crippen molar-refractivity contribution in [1.82, 2.24) is 0 Å². The molecule has 0 saturated carbocycles. The molecule has 0 radical (unpaired) electrons. The van der Waals surface area contributed by atoms with Crippen LogP contribution >= 0.6 is 0 Å². The molecule has 0 amide bonds. The molecule has 19 heavy (non-hydrogen) atoms. The number of rotatable bonds is 7. The summed E-state index contributed by atoms with van der Waals surface area (Å²) in [7, 11) is 0. The maximum absolute atomic E-state index is 13.4. The first-order valence-electron chi connectivity index (χ1n) is 5.63. The molecule has 0 aromatic rings. The fourth-order valence-corrected chi connectivity index (χ4v) is 1.23. The summed E-state index contributed by atoms with van der Waals surface area (Å²) in [4.78, 5) is 11.6. The Hall–Kier alpha value is -1.43. The minimum absolute atomic E-state index is 0.0183. The van der Waals surface area contributed by atoms with E-state index in [0.29, 0.717) is 6.08 Å². The minimum Gasteiger partial charge on any atom is -0.357 e. The zero-order valence-electron chi connectivity index (χ0n) is 10.8. The van der Waals surface area contributed by atoms with E-state index in [2.05, 4.69) is 11.3 Å². The number of Topliss-reactive ketones (excluding diaryl/α,β-unsaturated/α-hetero) is 1. The van der Waals surface area contributed by atoms with Crippen molar-refractivity contribution in [2.75, 3.05) is 6.61 Å². The number of alkyl halides is 3. The SMILES string of the molecule is C=CC(OCC(=O)C(/C=C\C)=C(\F)CC)C(F)(F)F. The second-order valence-electron chi connectivity index (χ2n) is 3.60. The number of carbonyl (C=O) groups excluding carboxylic acids is 1. The Morgan fingerprint density at radius 2 is 2.00 bits per heavy atom. The van der Waals surface area contributed by atoms with Gasteiger partial charge in [0.2, 0.25) is 0 Å². The number of hydrogen-bond donors (Lipinski definition) is 0. The molecule has 0 heterocycles. The van der Waals surface area contributed by atoms with Crippen molar-refractivity contribution in [1.29, 1.82) is 0 Å². The highest BCUT2D eigenvalue weighted by atomic mass is 19.4. The average molecular weight is 280 g/mol. The van der Waals surface area contributed by atoms with Crippen LogP contribution in [0.1, 0.15) is 20.3 Å². The number of carbonyl (C=O) groups is 1. The van der Waals surface area contributed by atoms with Crippen LogP contribution in [0.5, 0.6) is 0 Å². The van der Waals surface area contributed by atoms with E-state index >= 15 is 0 Å². The van der Waals surface area contributed by atoms with Crippen LogP contribution in [-0.4, -0.2) is 24.7 Å². The molecule has 108 valence electrons. The molecule has 0 aromatic carbocycles. The molecule has 6 heteroatoms. The molecule has 0 N–H and O–H groups in total. The first-order valence-corrected chi connectivity index (χ1v) is 5.63. The average Bonchev–Trinajstić information content (AvgIpc) is 2.33. The van der Waals surface area contributed by atoms with Gasteiger partial charge in [0.25, 0.3) is 0 Å². The van der Waals surface area contributed by atoms with Crippen molar-refractivity contribution in [3.8, 4) is 0 Å². The topological polar surface area (TPSA) is 26.3 Å². The third-order valence-electron chi connectivity index (χ3n) is 2.17. The molecule has 0 saturated heterocycles. The molecule has 0 aromatic heterocycles. The third kappa shape index (κ3) is 5.83. The Morgan fingerprint density at radius 3 is 2.37 bits per heavy atom. The van der Waals surface area contributed by atoms with Crippen LogP contribution < -0.4 is 0 Å². The van der Waals surface area contributed by atoms with E-state index in [4.69, 9.17) is 0 Å². The Kier molecular flexibility index (Phi) is 7.29. The lowest BCUT2D eigenvalue weighted by atomic mass is 10.1. The van der Waals surface area contributed by atoms with Gasteiger partial charge in [0, 0.05) is 0 Å². The third-order valence-corrected chi connectivity index (χ3v) is 2.17. The molecule has 0 aliphatic heterocycles. The van der Waals surface area contributed by atoms with Gasteiger partial charge in [0.1, 0.15) is 12.4 Å². The Morgan fingerprint density at radius 1 is 1.42 bits per heavy atom. The summed E-state index contributed by atoms with van der Waals surface area (Å²) < 4.78 is 54.8. The maximum Gasteiger partial charge on any atom is 0.418 e. The smallest absolute Gasteiger partial charge is 0.357 e. The molecule has 2 nitrogen and oxygen atoms in total. The molecule has 1 unspecified atom stereocenters. The Labute approximate surface area is 109 Å². The Balaban J connectivity index is 4.82. The fourth-order valence-electron chi connectivity index (χ4n) is 1.23. The van der Waals surface area contributed by atoms with Crippen LogP contribution in [0.4, 0.5) is 17.6 Å². The van der Waals surface area contributed by atoms with E-state index < -0.39 is 30.5 Å². The highest BCUT2D eigenvalue weighted by Gasteiger charge is 2.38. The number of ketones is 1. The standard InChI is InChI=1S/C13H16F4O2/c1-4-7-9(10(14)5-2)11(18)8-19-12(6-3)13(15,16)17/h4,6-7,12H,3,5,8H2,1-2H3/b7-4-,10-9-. The molecule has 0 aliphatic carbocycles. The largest absolute Gasteiger partial charge is 0.418 e. The molecule has 0 rings (SSSR count). The van der Waals surface area contributed by atoms with Crippen LogP contribution in [0.2, 0.25) is 0 Å². The van der Waals surface area contributed by atoms with Gasteiger partial charge in [-0.25, -0.2) is 4.39 Å². The summed E-state index contributed by atoms with van der Waals surface area (Å²) in [6, 6.07) is 0. The van der Waals surface area contributed by atoms with Gasteiger partial charge in [-0.05, 0) is 13.3 Å². The molecular formula is C13H16F4O2. The lowest BCUT2D eigenvalue weighted by Gasteiger charge is -2.16. The van der Waals surface area contributed by atoms with Gasteiger partial charge in [-0.2, -0.15) is 13.2 Å². The monoisotopic (exact) mass is 280 g/mol. The zero-order valence-corrected chi connectivity index (χ0v) is 10.8. The van der Waals surface area contributed by atoms with Crippen molar-refractivity contribution < 1.29 is 27.1 Å². The van der Waals surface area contributed by atoms with Crippen molar-refractivity contribution >= 4 is 5.78 Å². The quantitative estimate of drug-likeness (QED) is 0.306. The van der Waals surface area contributed by atoms with Gasteiger partial charge in [0.05, 0.1) is 5.57 Å². The summed E-state index contributed by atoms with van der Waals surface area (Å²) in [6.07, 6.45) is -3.72. The Bertz CT molecular complexity index is 381. The molecular weight excluding hydrogens is 264 g/mol. The van der Waals surface area contributed by atoms with Gasteiger partial charge in [-0.1, -0.05) is 25.2 Å². The molecule has 0 aliphatic rings. The summed E-state index contributed by atoms with van der Waals surface area (Å²) >= 11 is 0. The van der Waals surface area contributed by atoms with Crippen LogP contribution in [0.25, 0.3) is 0 Å². The van der Waals surface area contributed by atoms with Gasteiger partial charge in [-0.15, -0.1) is 6.58 Å². The minimum atomic E-state index is -4.64. The van der Waals surface area contributed by atoms with Crippen molar-refractivity contribution in [3.05, 3.63) is 36.2 Å². The molecule has 0 spiro atoms. The van der Waals surface area contributed by atoms with Crippen molar-refractivity contribution in [2.45, 2.75) is 32.5 Å².